The molecule has 2 atom stereocenters. The van der Waals surface area contributed by atoms with Crippen LogP contribution in [0.3, 0.4) is 0 Å². The van der Waals surface area contributed by atoms with Gasteiger partial charge < -0.3 is 20.0 Å². The minimum Gasteiger partial charge on any atom is -0.459 e. The van der Waals surface area contributed by atoms with Gasteiger partial charge in [0.25, 0.3) is 5.69 Å². The smallest absolute Gasteiger partial charge is 0.280 e. The lowest BCUT2D eigenvalue weighted by Gasteiger charge is -2.26. The van der Waals surface area contributed by atoms with E-state index in [4.69, 9.17) is 16.6 Å². The number of rotatable bonds is 8. The Labute approximate surface area is 241 Å². The minimum absolute atomic E-state index is 0.0447. The van der Waals surface area contributed by atoms with Crippen LogP contribution in [-0.2, 0) is 4.79 Å². The fourth-order valence-corrected chi connectivity index (χ4v) is 5.55. The standard InChI is InChI=1S/C31H25N5O4S/c37-28(33-23-13-7-9-20-8-1-2-10-21(20)23)17-19-35-30(29(34-31(35)41)24-12-5-6-18-32-24)27-16-15-26(40-27)22-11-3-4-14-25(22)36(38)39/h1-16,18,29-30H,17,19H2,(H,33,37)(H,34,41)/t29-,30+/m0/s1. The molecule has 41 heavy (non-hydrogen) atoms. The van der Waals surface area contributed by atoms with Gasteiger partial charge in [0.05, 0.1) is 22.2 Å². The van der Waals surface area contributed by atoms with Gasteiger partial charge in [-0.2, -0.15) is 0 Å². The molecule has 0 aliphatic carbocycles. The Morgan fingerprint density at radius 3 is 2.61 bits per heavy atom. The predicted molar refractivity (Wildman–Crippen MR) is 160 cm³/mol. The molecule has 2 aromatic heterocycles. The minimum atomic E-state index is -0.431. The first kappa shape index (κ1) is 26.1. The van der Waals surface area contributed by atoms with Gasteiger partial charge in [-0.1, -0.05) is 54.6 Å². The topological polar surface area (TPSA) is 114 Å². The Bertz CT molecular complexity index is 1750. The number of para-hydroxylation sites is 1. The van der Waals surface area contributed by atoms with Gasteiger partial charge in [0.1, 0.15) is 17.6 Å². The van der Waals surface area contributed by atoms with E-state index in [1.807, 2.05) is 65.6 Å². The van der Waals surface area contributed by atoms with Crippen LogP contribution in [0.5, 0.6) is 0 Å². The van der Waals surface area contributed by atoms with Crippen molar-refractivity contribution in [1.82, 2.24) is 15.2 Å². The zero-order valence-electron chi connectivity index (χ0n) is 21.8. The van der Waals surface area contributed by atoms with Crippen molar-refractivity contribution in [2.24, 2.45) is 0 Å². The summed E-state index contributed by atoms with van der Waals surface area (Å²) in [6.45, 7) is 0.317. The van der Waals surface area contributed by atoms with Gasteiger partial charge >= 0.3 is 0 Å². The number of anilines is 1. The summed E-state index contributed by atoms with van der Waals surface area (Å²) in [4.78, 5) is 30.7. The van der Waals surface area contributed by atoms with Crippen LogP contribution in [0.4, 0.5) is 11.4 Å². The summed E-state index contributed by atoms with van der Waals surface area (Å²) in [5.74, 6) is 0.776. The third-order valence-electron chi connectivity index (χ3n) is 7.13. The number of nitro benzene ring substituents is 1. The number of carbonyl (C=O) groups excluding carboxylic acids is 1. The molecule has 0 spiro atoms. The van der Waals surface area contributed by atoms with Crippen molar-refractivity contribution in [3.63, 3.8) is 0 Å². The molecular weight excluding hydrogens is 538 g/mol. The van der Waals surface area contributed by atoms with Crippen molar-refractivity contribution in [2.45, 2.75) is 18.5 Å². The van der Waals surface area contributed by atoms with Gasteiger partial charge in [-0.3, -0.25) is 19.9 Å². The fraction of sp³-hybridized carbons (Fsp3) is 0.129. The average Bonchev–Trinajstić information content (AvgIpc) is 3.61. The Kier molecular flexibility index (Phi) is 7.13. The van der Waals surface area contributed by atoms with E-state index >= 15 is 0 Å². The molecule has 1 fully saturated rings. The molecule has 9 nitrogen and oxygen atoms in total. The summed E-state index contributed by atoms with van der Waals surface area (Å²) < 4.78 is 6.25. The monoisotopic (exact) mass is 563 g/mol. The van der Waals surface area contributed by atoms with Crippen LogP contribution in [0.2, 0.25) is 0 Å². The number of thiocarbonyl (C=S) groups is 1. The maximum atomic E-state index is 13.1. The zero-order valence-corrected chi connectivity index (χ0v) is 22.6. The van der Waals surface area contributed by atoms with Crippen LogP contribution < -0.4 is 10.6 Å². The third kappa shape index (κ3) is 5.24. The van der Waals surface area contributed by atoms with Crippen LogP contribution in [0.25, 0.3) is 22.1 Å². The van der Waals surface area contributed by atoms with E-state index in [9.17, 15) is 14.9 Å². The molecule has 204 valence electrons. The molecule has 2 N–H and O–H groups in total. The SMILES string of the molecule is O=C(CCN1C(=S)N[C@@H](c2ccccn2)[C@H]1c1ccc(-c2ccccc2[N+](=O)[O-])o1)Nc1cccc2ccccc12. The van der Waals surface area contributed by atoms with Gasteiger partial charge in [0, 0.05) is 36.3 Å². The molecule has 1 aliphatic rings. The quantitative estimate of drug-likeness (QED) is 0.127. The third-order valence-corrected chi connectivity index (χ3v) is 7.48. The number of amides is 1. The van der Waals surface area contributed by atoms with Gasteiger partial charge in [-0.05, 0) is 54.0 Å². The molecule has 0 radical (unpaired) electrons. The number of carbonyl (C=O) groups is 1. The van der Waals surface area contributed by atoms with E-state index in [2.05, 4.69) is 15.6 Å². The molecular formula is C31H25N5O4S. The van der Waals surface area contributed by atoms with Crippen molar-refractivity contribution in [3.05, 3.63) is 125 Å². The summed E-state index contributed by atoms with van der Waals surface area (Å²) in [5, 5.41) is 20.5. The second kappa shape index (κ2) is 11.2. The highest BCUT2D eigenvalue weighted by atomic mass is 32.1. The van der Waals surface area contributed by atoms with Gasteiger partial charge in [-0.25, -0.2) is 0 Å². The van der Waals surface area contributed by atoms with Crippen LogP contribution in [0.1, 0.15) is 30.0 Å². The number of nitrogens with zero attached hydrogens (tertiary/aromatic N) is 3. The van der Waals surface area contributed by atoms with Crippen LogP contribution in [-0.4, -0.2) is 32.4 Å². The van der Waals surface area contributed by atoms with E-state index in [0.29, 0.717) is 28.7 Å². The molecule has 5 aromatic rings. The fourth-order valence-electron chi connectivity index (χ4n) is 5.22. The maximum Gasteiger partial charge on any atom is 0.280 e. The van der Waals surface area contributed by atoms with Crippen molar-refractivity contribution in [1.29, 1.82) is 0 Å². The zero-order chi connectivity index (χ0) is 28.3. The molecule has 1 saturated heterocycles. The highest BCUT2D eigenvalue weighted by Gasteiger charge is 2.41. The number of benzene rings is 3. The van der Waals surface area contributed by atoms with Crippen LogP contribution in [0.15, 0.2) is 108 Å². The number of furan rings is 1. The second-order valence-electron chi connectivity index (χ2n) is 9.62. The number of pyridine rings is 1. The number of fused-ring (bicyclic) bond motifs is 1. The van der Waals surface area contributed by atoms with Crippen molar-refractivity contribution in [3.8, 4) is 11.3 Å². The average molecular weight is 564 g/mol. The maximum absolute atomic E-state index is 13.1. The predicted octanol–water partition coefficient (Wildman–Crippen LogP) is 6.40. The number of nitro groups is 1. The van der Waals surface area contributed by atoms with E-state index in [0.717, 1.165) is 22.2 Å². The molecule has 3 heterocycles. The van der Waals surface area contributed by atoms with E-state index in [1.54, 1.807) is 36.5 Å². The normalized spacial score (nSPS) is 16.5. The highest BCUT2D eigenvalue weighted by Crippen LogP contribution is 2.41. The van der Waals surface area contributed by atoms with Crippen molar-refractivity contribution in [2.75, 3.05) is 11.9 Å². The molecule has 1 amide bonds. The van der Waals surface area contributed by atoms with Crippen LogP contribution in [0, 0.1) is 10.1 Å². The molecule has 0 bridgehead atoms. The summed E-state index contributed by atoms with van der Waals surface area (Å²) in [6, 6.07) is 28.5. The Morgan fingerprint density at radius 2 is 1.78 bits per heavy atom. The lowest BCUT2D eigenvalue weighted by Crippen LogP contribution is -2.32. The van der Waals surface area contributed by atoms with Crippen LogP contribution >= 0.6 is 12.2 Å². The lowest BCUT2D eigenvalue weighted by molar-refractivity contribution is -0.384. The molecule has 3 aromatic carbocycles. The lowest BCUT2D eigenvalue weighted by atomic mass is 10.0. The Balaban J connectivity index is 1.28. The largest absolute Gasteiger partial charge is 0.459 e. The van der Waals surface area contributed by atoms with E-state index < -0.39 is 11.0 Å². The number of aromatic nitrogens is 1. The number of hydrogen-bond acceptors (Lipinski definition) is 6. The molecule has 6 rings (SSSR count). The van der Waals surface area contributed by atoms with Gasteiger partial charge in [0.15, 0.2) is 5.11 Å². The highest BCUT2D eigenvalue weighted by molar-refractivity contribution is 7.80. The van der Waals surface area contributed by atoms with E-state index in [1.165, 1.54) is 6.07 Å². The Morgan fingerprint density at radius 1 is 1.00 bits per heavy atom. The molecule has 0 unspecified atom stereocenters. The molecule has 1 aliphatic heterocycles. The first-order valence-corrected chi connectivity index (χ1v) is 13.5. The van der Waals surface area contributed by atoms with Crippen molar-refractivity contribution < 1.29 is 14.1 Å². The first-order chi connectivity index (χ1) is 20.0. The van der Waals surface area contributed by atoms with E-state index in [-0.39, 0.29) is 24.1 Å². The van der Waals surface area contributed by atoms with Gasteiger partial charge in [0.2, 0.25) is 5.91 Å². The first-order valence-electron chi connectivity index (χ1n) is 13.1. The molecule has 0 saturated carbocycles. The summed E-state index contributed by atoms with van der Waals surface area (Å²) >= 11 is 5.72. The number of nitrogens with one attached hydrogen (secondary N) is 2. The summed E-state index contributed by atoms with van der Waals surface area (Å²) in [7, 11) is 0. The van der Waals surface area contributed by atoms with Gasteiger partial charge in [-0.15, -0.1) is 0 Å². The summed E-state index contributed by atoms with van der Waals surface area (Å²) in [6.07, 6.45) is 1.88. The molecule has 10 heteroatoms. The second-order valence-corrected chi connectivity index (χ2v) is 10.0. The number of hydrogen-bond donors (Lipinski definition) is 2. The Hall–Kier alpha value is -5.09. The van der Waals surface area contributed by atoms with Crippen molar-refractivity contribution >= 4 is 45.4 Å². The summed E-state index contributed by atoms with van der Waals surface area (Å²) in [5.41, 5.74) is 1.84.